The molecule has 2 heterocycles. The number of anilines is 1. The molecular formula is C12H14N4O. The standard InChI is InChI=1S/C12H14N4O/c1-8(9-3-2-4-14-6-9)16-12(17)11-5-10(13)7-15-11/h2-8,15H,13H2,1H3,(H,16,17). The number of carbonyl (C=O) groups is 1. The van der Waals surface area contributed by atoms with Gasteiger partial charge in [0.2, 0.25) is 0 Å². The normalized spacial score (nSPS) is 12.1. The van der Waals surface area contributed by atoms with Crippen LogP contribution in [0, 0.1) is 0 Å². The molecule has 0 aliphatic rings. The molecule has 0 radical (unpaired) electrons. The van der Waals surface area contributed by atoms with Gasteiger partial charge in [-0.3, -0.25) is 9.78 Å². The molecule has 2 aromatic rings. The molecule has 0 bridgehead atoms. The first kappa shape index (κ1) is 11.2. The van der Waals surface area contributed by atoms with Gasteiger partial charge in [-0.25, -0.2) is 0 Å². The molecule has 5 heteroatoms. The van der Waals surface area contributed by atoms with Gasteiger partial charge < -0.3 is 16.0 Å². The predicted octanol–water partition coefficient (Wildman–Crippen LogP) is 1.48. The Balaban J connectivity index is 2.04. The van der Waals surface area contributed by atoms with E-state index in [1.807, 2.05) is 19.1 Å². The number of pyridine rings is 1. The first-order valence-electron chi connectivity index (χ1n) is 5.31. The van der Waals surface area contributed by atoms with E-state index < -0.39 is 0 Å². The van der Waals surface area contributed by atoms with Gasteiger partial charge in [-0.2, -0.15) is 0 Å². The van der Waals surface area contributed by atoms with Crippen molar-refractivity contribution in [1.29, 1.82) is 0 Å². The minimum absolute atomic E-state index is 0.0966. The molecular weight excluding hydrogens is 216 g/mol. The van der Waals surface area contributed by atoms with Crippen molar-refractivity contribution >= 4 is 11.6 Å². The first-order valence-corrected chi connectivity index (χ1v) is 5.31. The van der Waals surface area contributed by atoms with E-state index in [2.05, 4.69) is 15.3 Å². The van der Waals surface area contributed by atoms with Crippen LogP contribution in [0.2, 0.25) is 0 Å². The molecule has 2 aromatic heterocycles. The maximum Gasteiger partial charge on any atom is 0.268 e. The van der Waals surface area contributed by atoms with E-state index in [0.717, 1.165) is 5.56 Å². The molecule has 1 atom stereocenters. The molecule has 0 aliphatic heterocycles. The molecule has 5 nitrogen and oxygen atoms in total. The van der Waals surface area contributed by atoms with E-state index in [4.69, 9.17) is 5.73 Å². The van der Waals surface area contributed by atoms with E-state index in [-0.39, 0.29) is 11.9 Å². The first-order chi connectivity index (χ1) is 8.16. The Kier molecular flexibility index (Phi) is 3.09. The third kappa shape index (κ3) is 2.63. The van der Waals surface area contributed by atoms with Crippen LogP contribution in [-0.4, -0.2) is 15.9 Å². The Hall–Kier alpha value is -2.30. The molecule has 2 rings (SSSR count). The second-order valence-electron chi connectivity index (χ2n) is 3.83. The molecule has 0 fully saturated rings. The van der Waals surface area contributed by atoms with Crippen LogP contribution in [0.1, 0.15) is 29.0 Å². The van der Waals surface area contributed by atoms with Gasteiger partial charge >= 0.3 is 0 Å². The van der Waals surface area contributed by atoms with Crippen molar-refractivity contribution in [3.63, 3.8) is 0 Å². The fourth-order valence-corrected chi connectivity index (χ4v) is 1.53. The maximum absolute atomic E-state index is 11.8. The highest BCUT2D eigenvalue weighted by Gasteiger charge is 2.12. The van der Waals surface area contributed by atoms with E-state index in [1.165, 1.54) is 0 Å². The number of carbonyl (C=O) groups excluding carboxylic acids is 1. The van der Waals surface area contributed by atoms with Crippen LogP contribution in [-0.2, 0) is 0 Å². The molecule has 0 saturated carbocycles. The fraction of sp³-hybridized carbons (Fsp3) is 0.167. The summed E-state index contributed by atoms with van der Waals surface area (Å²) < 4.78 is 0. The highest BCUT2D eigenvalue weighted by molar-refractivity contribution is 5.93. The maximum atomic E-state index is 11.8. The number of hydrogen-bond acceptors (Lipinski definition) is 3. The Bertz CT molecular complexity index is 506. The SMILES string of the molecule is CC(NC(=O)c1cc(N)c[nH]1)c1cccnc1. The van der Waals surface area contributed by atoms with Crippen LogP contribution in [0.3, 0.4) is 0 Å². The average molecular weight is 230 g/mol. The zero-order valence-electron chi connectivity index (χ0n) is 9.47. The van der Waals surface area contributed by atoms with Crippen LogP contribution < -0.4 is 11.1 Å². The van der Waals surface area contributed by atoms with Gasteiger partial charge in [0, 0.05) is 24.3 Å². The molecule has 0 aliphatic carbocycles. The lowest BCUT2D eigenvalue weighted by Gasteiger charge is -2.12. The van der Waals surface area contributed by atoms with E-state index in [0.29, 0.717) is 11.4 Å². The number of nitrogen functional groups attached to an aromatic ring is 1. The number of H-pyrrole nitrogens is 1. The topological polar surface area (TPSA) is 83.8 Å². The summed E-state index contributed by atoms with van der Waals surface area (Å²) in [4.78, 5) is 18.6. The Morgan fingerprint density at radius 1 is 1.59 bits per heavy atom. The van der Waals surface area contributed by atoms with Crippen molar-refractivity contribution in [2.45, 2.75) is 13.0 Å². The van der Waals surface area contributed by atoms with Gasteiger partial charge in [-0.1, -0.05) is 6.07 Å². The fourth-order valence-electron chi connectivity index (χ4n) is 1.53. The Morgan fingerprint density at radius 3 is 3.00 bits per heavy atom. The number of amides is 1. The summed E-state index contributed by atoms with van der Waals surface area (Å²) in [6.45, 7) is 1.90. The average Bonchev–Trinajstić information content (AvgIpc) is 2.77. The van der Waals surface area contributed by atoms with Gasteiger partial charge in [-0.05, 0) is 24.6 Å². The van der Waals surface area contributed by atoms with E-state index in [1.54, 1.807) is 24.7 Å². The lowest BCUT2D eigenvalue weighted by atomic mass is 10.1. The van der Waals surface area contributed by atoms with Crippen molar-refractivity contribution in [2.24, 2.45) is 0 Å². The Labute approximate surface area is 99.1 Å². The Morgan fingerprint density at radius 2 is 2.41 bits per heavy atom. The molecule has 1 unspecified atom stereocenters. The number of nitrogens with two attached hydrogens (primary N) is 1. The summed E-state index contributed by atoms with van der Waals surface area (Å²) in [6, 6.07) is 5.26. The monoisotopic (exact) mass is 230 g/mol. The number of aromatic amines is 1. The van der Waals surface area contributed by atoms with Crippen LogP contribution in [0.4, 0.5) is 5.69 Å². The predicted molar refractivity (Wildman–Crippen MR) is 65.3 cm³/mol. The van der Waals surface area contributed by atoms with E-state index in [9.17, 15) is 4.79 Å². The number of hydrogen-bond donors (Lipinski definition) is 3. The third-order valence-electron chi connectivity index (χ3n) is 2.48. The molecule has 4 N–H and O–H groups in total. The summed E-state index contributed by atoms with van der Waals surface area (Å²) in [5.41, 5.74) is 7.50. The second-order valence-corrected chi connectivity index (χ2v) is 3.83. The number of nitrogens with zero attached hydrogens (tertiary/aromatic N) is 1. The van der Waals surface area contributed by atoms with Crippen molar-refractivity contribution in [1.82, 2.24) is 15.3 Å². The van der Waals surface area contributed by atoms with Gasteiger partial charge in [0.25, 0.3) is 5.91 Å². The second kappa shape index (κ2) is 4.69. The van der Waals surface area contributed by atoms with Gasteiger partial charge in [-0.15, -0.1) is 0 Å². The third-order valence-corrected chi connectivity index (χ3v) is 2.48. The summed E-state index contributed by atoms with van der Waals surface area (Å²) in [5, 5.41) is 2.86. The summed E-state index contributed by atoms with van der Waals surface area (Å²) in [6.07, 6.45) is 5.02. The minimum Gasteiger partial charge on any atom is -0.397 e. The van der Waals surface area contributed by atoms with Crippen molar-refractivity contribution in [2.75, 3.05) is 5.73 Å². The van der Waals surface area contributed by atoms with Crippen LogP contribution in [0.5, 0.6) is 0 Å². The zero-order chi connectivity index (χ0) is 12.3. The summed E-state index contributed by atoms with van der Waals surface area (Å²) in [7, 11) is 0. The minimum atomic E-state index is -0.182. The molecule has 0 aromatic carbocycles. The lowest BCUT2D eigenvalue weighted by Crippen LogP contribution is -2.26. The smallest absolute Gasteiger partial charge is 0.268 e. The number of rotatable bonds is 3. The zero-order valence-corrected chi connectivity index (χ0v) is 9.47. The summed E-state index contributed by atoms with van der Waals surface area (Å²) in [5.74, 6) is -0.182. The molecule has 17 heavy (non-hydrogen) atoms. The van der Waals surface area contributed by atoms with Crippen LogP contribution in [0.15, 0.2) is 36.8 Å². The van der Waals surface area contributed by atoms with Gasteiger partial charge in [0.05, 0.1) is 6.04 Å². The van der Waals surface area contributed by atoms with Gasteiger partial charge in [0.15, 0.2) is 0 Å². The van der Waals surface area contributed by atoms with Gasteiger partial charge in [0.1, 0.15) is 5.69 Å². The molecule has 0 saturated heterocycles. The highest BCUT2D eigenvalue weighted by atomic mass is 16.1. The van der Waals surface area contributed by atoms with E-state index >= 15 is 0 Å². The number of aromatic nitrogens is 2. The van der Waals surface area contributed by atoms with Crippen LogP contribution >= 0.6 is 0 Å². The quantitative estimate of drug-likeness (QED) is 0.746. The molecule has 1 amide bonds. The highest BCUT2D eigenvalue weighted by Crippen LogP contribution is 2.11. The van der Waals surface area contributed by atoms with Crippen LogP contribution in [0.25, 0.3) is 0 Å². The number of nitrogens with one attached hydrogen (secondary N) is 2. The van der Waals surface area contributed by atoms with Crippen molar-refractivity contribution in [3.8, 4) is 0 Å². The van der Waals surface area contributed by atoms with Crippen molar-refractivity contribution < 1.29 is 4.79 Å². The summed E-state index contributed by atoms with van der Waals surface area (Å²) >= 11 is 0. The molecule has 88 valence electrons. The lowest BCUT2D eigenvalue weighted by molar-refractivity contribution is 0.0935. The van der Waals surface area contributed by atoms with Crippen molar-refractivity contribution in [3.05, 3.63) is 48.0 Å². The molecule has 0 spiro atoms. The largest absolute Gasteiger partial charge is 0.397 e.